The molecule has 1 unspecified atom stereocenters. The Labute approximate surface area is 59.6 Å². The van der Waals surface area contributed by atoms with Gasteiger partial charge in [-0.05, 0) is 13.8 Å². The van der Waals surface area contributed by atoms with Gasteiger partial charge in [0.05, 0.1) is 9.58 Å². The molecule has 0 aliphatic carbocycles. The summed E-state index contributed by atoms with van der Waals surface area (Å²) in [5.74, 6) is 0. The van der Waals surface area contributed by atoms with Gasteiger partial charge in [-0.15, -0.1) is 23.2 Å². The topological polar surface area (TPSA) is 0 Å². The Morgan fingerprint density at radius 1 is 1.57 bits per heavy atom. The summed E-state index contributed by atoms with van der Waals surface area (Å²) in [4.78, 5) is -0.398. The Bertz CT molecular complexity index is 55.2. The van der Waals surface area contributed by atoms with Crippen molar-refractivity contribution in [3.05, 3.63) is 0 Å². The van der Waals surface area contributed by atoms with Crippen molar-refractivity contribution in [2.75, 3.05) is 0 Å². The summed E-state index contributed by atoms with van der Waals surface area (Å²) in [7, 11) is 0. The van der Waals surface area contributed by atoms with E-state index in [1.165, 1.54) is 0 Å². The van der Waals surface area contributed by atoms with E-state index in [2.05, 4.69) is 12.6 Å². The van der Waals surface area contributed by atoms with Crippen LogP contribution in [0, 0.1) is 0 Å². The van der Waals surface area contributed by atoms with Gasteiger partial charge in [-0.1, -0.05) is 0 Å². The lowest BCUT2D eigenvalue weighted by atomic mass is 10.2. The molecule has 0 aromatic heterocycles. The van der Waals surface area contributed by atoms with Crippen molar-refractivity contribution in [2.24, 2.45) is 0 Å². The van der Waals surface area contributed by atoms with Crippen LogP contribution in [0.1, 0.15) is 13.8 Å². The third kappa shape index (κ3) is 3.51. The molecule has 0 radical (unpaired) electrons. The molecule has 0 saturated heterocycles. The van der Waals surface area contributed by atoms with Gasteiger partial charge >= 0.3 is 0 Å². The van der Waals surface area contributed by atoms with Crippen molar-refractivity contribution in [1.82, 2.24) is 0 Å². The second kappa shape index (κ2) is 2.47. The molecule has 0 amide bonds. The van der Waals surface area contributed by atoms with E-state index in [9.17, 15) is 0 Å². The number of hydrogen-bond donors (Lipinski definition) is 1. The largest absolute Gasteiger partial charge is 0.158 e. The summed E-state index contributed by atoms with van der Waals surface area (Å²) in [6.07, 6.45) is 0. The second-order valence-electron chi connectivity index (χ2n) is 1.90. The summed E-state index contributed by atoms with van der Waals surface area (Å²) in [5.41, 5.74) is 0. The maximum atomic E-state index is 5.66. The van der Waals surface area contributed by atoms with Crippen LogP contribution in [-0.4, -0.2) is 9.58 Å². The highest BCUT2D eigenvalue weighted by molar-refractivity contribution is 7.82. The average molecular weight is 159 g/mol. The highest BCUT2D eigenvalue weighted by Crippen LogP contribution is 2.25. The Kier molecular flexibility index (Phi) is 2.80. The highest BCUT2D eigenvalue weighted by Gasteiger charge is 2.20. The Morgan fingerprint density at radius 3 is 1.71 bits per heavy atom. The van der Waals surface area contributed by atoms with Crippen LogP contribution in [0.25, 0.3) is 0 Å². The van der Waals surface area contributed by atoms with Gasteiger partial charge < -0.3 is 0 Å². The zero-order valence-corrected chi connectivity index (χ0v) is 6.69. The number of halogens is 2. The molecule has 0 N–H and O–H groups in total. The third-order valence-electron chi connectivity index (χ3n) is 0.566. The van der Waals surface area contributed by atoms with Gasteiger partial charge in [-0.2, -0.15) is 12.6 Å². The predicted octanol–water partition coefficient (Wildman–Crippen LogP) is 2.50. The SMILES string of the molecule is CC(C)(Cl)C(S)Cl. The summed E-state index contributed by atoms with van der Waals surface area (Å²) >= 11 is 15.1. The van der Waals surface area contributed by atoms with Crippen LogP contribution in [0.15, 0.2) is 0 Å². The lowest BCUT2D eigenvalue weighted by Gasteiger charge is -2.16. The predicted molar refractivity (Wildman–Crippen MR) is 38.6 cm³/mol. The number of alkyl halides is 2. The molecule has 44 valence electrons. The molecule has 0 fully saturated rings. The molecule has 0 aromatic carbocycles. The molecule has 0 rings (SSSR count). The third-order valence-corrected chi connectivity index (χ3v) is 2.24. The first-order valence-corrected chi connectivity index (χ1v) is 3.28. The second-order valence-corrected chi connectivity index (χ2v) is 4.13. The van der Waals surface area contributed by atoms with Crippen LogP contribution < -0.4 is 0 Å². The van der Waals surface area contributed by atoms with E-state index in [1.54, 1.807) is 0 Å². The zero-order chi connectivity index (χ0) is 6.08. The van der Waals surface area contributed by atoms with Gasteiger partial charge in [0.25, 0.3) is 0 Å². The number of hydrogen-bond acceptors (Lipinski definition) is 1. The van der Waals surface area contributed by atoms with E-state index in [0.717, 1.165) is 0 Å². The molecule has 0 aromatic rings. The van der Waals surface area contributed by atoms with E-state index in [1.807, 2.05) is 13.8 Å². The van der Waals surface area contributed by atoms with Crippen molar-refractivity contribution in [2.45, 2.75) is 23.4 Å². The van der Waals surface area contributed by atoms with E-state index in [4.69, 9.17) is 23.2 Å². The van der Waals surface area contributed by atoms with Crippen molar-refractivity contribution in [3.63, 3.8) is 0 Å². The minimum atomic E-state index is -0.398. The van der Waals surface area contributed by atoms with Crippen molar-refractivity contribution in [3.8, 4) is 0 Å². The quantitative estimate of drug-likeness (QED) is 0.441. The summed E-state index contributed by atoms with van der Waals surface area (Å²) in [5, 5.41) is 0. The van der Waals surface area contributed by atoms with Crippen LogP contribution in [0.4, 0.5) is 0 Å². The molecule has 7 heavy (non-hydrogen) atoms. The Balaban J connectivity index is 3.54. The minimum Gasteiger partial charge on any atom is -0.158 e. The molecule has 0 aliphatic heterocycles. The Hall–Kier alpha value is 0.930. The standard InChI is InChI=1S/C4H8Cl2S/c1-4(2,6)3(5)7/h3,7H,1-2H3. The molecule has 0 saturated carbocycles. The molecule has 3 heteroatoms. The van der Waals surface area contributed by atoms with Crippen molar-refractivity contribution in [1.29, 1.82) is 0 Å². The van der Waals surface area contributed by atoms with Gasteiger partial charge in [0, 0.05) is 0 Å². The molecule has 0 spiro atoms. The molecule has 0 aliphatic rings. The normalized spacial score (nSPS) is 16.7. The molecule has 0 bridgehead atoms. The van der Waals surface area contributed by atoms with E-state index in [0.29, 0.717) is 0 Å². The minimum absolute atomic E-state index is 0.269. The monoisotopic (exact) mass is 158 g/mol. The lowest BCUT2D eigenvalue weighted by Crippen LogP contribution is -2.19. The van der Waals surface area contributed by atoms with E-state index < -0.39 is 4.87 Å². The molecular formula is C4H8Cl2S. The Morgan fingerprint density at radius 2 is 1.71 bits per heavy atom. The summed E-state index contributed by atoms with van der Waals surface area (Å²) in [6.45, 7) is 3.64. The van der Waals surface area contributed by atoms with Gasteiger partial charge in [0.2, 0.25) is 0 Å². The fraction of sp³-hybridized carbons (Fsp3) is 1.00. The molecule has 1 atom stereocenters. The van der Waals surface area contributed by atoms with Crippen molar-refractivity contribution >= 4 is 35.8 Å². The van der Waals surface area contributed by atoms with Crippen LogP contribution in [0.2, 0.25) is 0 Å². The zero-order valence-electron chi connectivity index (χ0n) is 4.28. The number of thiol groups is 1. The van der Waals surface area contributed by atoms with Crippen LogP contribution in [0.3, 0.4) is 0 Å². The van der Waals surface area contributed by atoms with Gasteiger partial charge in [0.1, 0.15) is 0 Å². The molecule has 0 nitrogen and oxygen atoms in total. The smallest absolute Gasteiger partial charge is 0.0945 e. The van der Waals surface area contributed by atoms with Crippen LogP contribution in [0.5, 0.6) is 0 Å². The van der Waals surface area contributed by atoms with Gasteiger partial charge in [0.15, 0.2) is 0 Å². The first kappa shape index (κ1) is 7.93. The first-order chi connectivity index (χ1) is 2.94. The van der Waals surface area contributed by atoms with Crippen molar-refractivity contribution < 1.29 is 0 Å². The average Bonchev–Trinajstić information content (AvgIpc) is 1.31. The van der Waals surface area contributed by atoms with E-state index in [-0.39, 0.29) is 4.71 Å². The van der Waals surface area contributed by atoms with Gasteiger partial charge in [-0.3, -0.25) is 0 Å². The fourth-order valence-electron chi connectivity index (χ4n) is 0. The van der Waals surface area contributed by atoms with Crippen LogP contribution in [-0.2, 0) is 0 Å². The summed E-state index contributed by atoms with van der Waals surface area (Å²) < 4.78 is -0.269. The summed E-state index contributed by atoms with van der Waals surface area (Å²) in [6, 6.07) is 0. The first-order valence-electron chi connectivity index (χ1n) is 1.95. The fourth-order valence-corrected chi connectivity index (χ4v) is 0. The maximum absolute atomic E-state index is 5.66. The molecular weight excluding hydrogens is 151 g/mol. The lowest BCUT2D eigenvalue weighted by molar-refractivity contribution is 0.767. The number of rotatable bonds is 1. The highest BCUT2D eigenvalue weighted by atomic mass is 35.5. The maximum Gasteiger partial charge on any atom is 0.0945 e. The van der Waals surface area contributed by atoms with Crippen LogP contribution >= 0.6 is 35.8 Å². The van der Waals surface area contributed by atoms with E-state index >= 15 is 0 Å². The molecule has 0 heterocycles. The van der Waals surface area contributed by atoms with Gasteiger partial charge in [-0.25, -0.2) is 0 Å².